The molecule has 0 saturated heterocycles. The van der Waals surface area contributed by atoms with Crippen LogP contribution in [0.1, 0.15) is 24.4 Å². The zero-order valence-corrected chi connectivity index (χ0v) is 19.7. The van der Waals surface area contributed by atoms with Crippen LogP contribution in [0.5, 0.6) is 11.5 Å². The lowest BCUT2D eigenvalue weighted by atomic mass is 10.0. The Balaban J connectivity index is 1.68. The quantitative estimate of drug-likeness (QED) is 0.277. The third-order valence-electron chi connectivity index (χ3n) is 6.37. The van der Waals surface area contributed by atoms with E-state index in [0.29, 0.717) is 44.4 Å². The van der Waals surface area contributed by atoms with Gasteiger partial charge in [0.1, 0.15) is 11.4 Å². The second kappa shape index (κ2) is 7.83. The number of halogens is 1. The largest absolute Gasteiger partial charge is 0.496 e. The SMILES string of the molecule is C#Cc1ccc2c(c1)[nH]c1c2c(=O)c2cc(OC)c(-c3cncc(OS(=O)(=O)F)c3)cc2n1C1CC1. The van der Waals surface area contributed by atoms with Crippen LogP contribution in [0.4, 0.5) is 3.89 Å². The number of hydrogen-bond acceptors (Lipinski definition) is 6. The van der Waals surface area contributed by atoms with Gasteiger partial charge < -0.3 is 18.5 Å². The fraction of sp³-hybridized carbons (Fsp3) is 0.154. The third kappa shape index (κ3) is 3.56. The molecule has 0 unspecified atom stereocenters. The number of fused-ring (bicyclic) bond motifs is 4. The van der Waals surface area contributed by atoms with Crippen LogP contribution in [0.15, 0.2) is 53.6 Å². The lowest BCUT2D eigenvalue weighted by Gasteiger charge is -2.16. The maximum Gasteiger partial charge on any atom is 0.488 e. The topological polar surface area (TPSA) is 103 Å². The standard InChI is InChI=1S/C26H18FN3O5S/c1-3-14-4-7-18-21(8-14)29-26-24(18)25(31)20-11-23(34-2)19(10-22(20)30(26)16-5-6-16)15-9-17(13-28-12-15)35-36(27,32)33/h1,4,7-13,16,29H,5-6H2,2H3. The summed E-state index contributed by atoms with van der Waals surface area (Å²) in [4.78, 5) is 21.1. The normalized spacial score (nSPS) is 13.8. The van der Waals surface area contributed by atoms with Crippen molar-refractivity contribution in [3.05, 3.63) is 64.6 Å². The minimum atomic E-state index is -5.22. The van der Waals surface area contributed by atoms with Crippen LogP contribution >= 0.6 is 0 Å². The number of terminal acetylenes is 1. The first-order valence-corrected chi connectivity index (χ1v) is 12.4. The Hall–Kier alpha value is -4.36. The van der Waals surface area contributed by atoms with Crippen LogP contribution in [0.2, 0.25) is 0 Å². The predicted molar refractivity (Wildman–Crippen MR) is 134 cm³/mol. The van der Waals surface area contributed by atoms with Gasteiger partial charge in [-0.2, -0.15) is 8.42 Å². The third-order valence-corrected chi connectivity index (χ3v) is 6.76. The van der Waals surface area contributed by atoms with E-state index in [4.69, 9.17) is 11.2 Å². The van der Waals surface area contributed by atoms with E-state index in [0.717, 1.165) is 29.9 Å². The first-order valence-electron chi connectivity index (χ1n) is 11.0. The fourth-order valence-corrected chi connectivity index (χ4v) is 5.04. The summed E-state index contributed by atoms with van der Waals surface area (Å²) in [6.45, 7) is 0. The summed E-state index contributed by atoms with van der Waals surface area (Å²) < 4.78 is 47.1. The van der Waals surface area contributed by atoms with Crippen molar-refractivity contribution in [3.8, 4) is 35.0 Å². The molecular formula is C26H18FN3O5S. The number of benzene rings is 2. The summed E-state index contributed by atoms with van der Waals surface area (Å²) in [5, 5.41) is 1.84. The van der Waals surface area contributed by atoms with Crippen LogP contribution in [-0.2, 0) is 10.5 Å². The summed E-state index contributed by atoms with van der Waals surface area (Å²) in [6, 6.07) is 10.5. The lowest BCUT2D eigenvalue weighted by molar-refractivity contribution is 0.417. The monoisotopic (exact) mass is 503 g/mol. The molecule has 1 fully saturated rings. The second-order valence-corrected chi connectivity index (χ2v) is 9.59. The first kappa shape index (κ1) is 22.1. The first-order chi connectivity index (χ1) is 17.3. The average Bonchev–Trinajstić information content (AvgIpc) is 3.61. The summed E-state index contributed by atoms with van der Waals surface area (Å²) >= 11 is 0. The molecule has 1 aliphatic carbocycles. The Kier molecular flexibility index (Phi) is 4.81. The molecule has 0 aliphatic heterocycles. The van der Waals surface area contributed by atoms with Crippen molar-refractivity contribution in [1.82, 2.24) is 14.5 Å². The van der Waals surface area contributed by atoms with Gasteiger partial charge in [-0.05, 0) is 43.2 Å². The van der Waals surface area contributed by atoms with E-state index < -0.39 is 10.5 Å². The number of ether oxygens (including phenoxy) is 1. The zero-order chi connectivity index (χ0) is 25.2. The molecule has 0 spiro atoms. The molecule has 10 heteroatoms. The molecular weight excluding hydrogens is 485 g/mol. The maximum absolute atomic E-state index is 13.8. The molecule has 1 N–H and O–H groups in total. The average molecular weight is 504 g/mol. The number of aromatic amines is 1. The molecule has 6 rings (SSSR count). The molecule has 8 nitrogen and oxygen atoms in total. The maximum atomic E-state index is 13.8. The number of nitrogens with one attached hydrogen (secondary N) is 1. The van der Waals surface area contributed by atoms with Crippen molar-refractivity contribution in [3.63, 3.8) is 0 Å². The highest BCUT2D eigenvalue weighted by Gasteiger charge is 2.29. The molecule has 0 radical (unpaired) electrons. The fourth-order valence-electron chi connectivity index (χ4n) is 4.72. The van der Waals surface area contributed by atoms with E-state index >= 15 is 0 Å². The summed E-state index contributed by atoms with van der Waals surface area (Å²) in [7, 11) is -3.75. The molecule has 1 aliphatic rings. The molecule has 36 heavy (non-hydrogen) atoms. The molecule has 180 valence electrons. The van der Waals surface area contributed by atoms with Gasteiger partial charge in [0.15, 0.2) is 11.2 Å². The van der Waals surface area contributed by atoms with Gasteiger partial charge in [0, 0.05) is 39.8 Å². The number of rotatable bonds is 5. The van der Waals surface area contributed by atoms with E-state index in [1.54, 1.807) is 12.1 Å². The highest BCUT2D eigenvalue weighted by molar-refractivity contribution is 7.81. The van der Waals surface area contributed by atoms with E-state index in [1.807, 2.05) is 18.2 Å². The van der Waals surface area contributed by atoms with Crippen molar-refractivity contribution < 1.29 is 21.2 Å². The number of aromatic nitrogens is 3. The number of H-pyrrole nitrogens is 1. The Morgan fingerprint density at radius 2 is 1.97 bits per heavy atom. The van der Waals surface area contributed by atoms with Gasteiger partial charge in [-0.3, -0.25) is 9.78 Å². The highest BCUT2D eigenvalue weighted by Crippen LogP contribution is 2.43. The Bertz CT molecular complexity index is 1930. The Morgan fingerprint density at radius 1 is 1.17 bits per heavy atom. The summed E-state index contributed by atoms with van der Waals surface area (Å²) in [5.41, 5.74) is 3.68. The molecule has 3 aromatic heterocycles. The van der Waals surface area contributed by atoms with Crippen molar-refractivity contribution in [2.45, 2.75) is 18.9 Å². The molecule has 1 saturated carbocycles. The molecule has 0 amide bonds. The van der Waals surface area contributed by atoms with Gasteiger partial charge in [-0.25, -0.2) is 0 Å². The number of hydrogen-bond donors (Lipinski definition) is 1. The molecule has 2 aromatic carbocycles. The molecule has 0 bridgehead atoms. The van der Waals surface area contributed by atoms with E-state index in [-0.39, 0.29) is 17.2 Å². The highest BCUT2D eigenvalue weighted by atomic mass is 32.3. The van der Waals surface area contributed by atoms with E-state index in [2.05, 4.69) is 24.6 Å². The van der Waals surface area contributed by atoms with Crippen LogP contribution < -0.4 is 14.3 Å². The smallest absolute Gasteiger partial charge is 0.488 e. The van der Waals surface area contributed by atoms with E-state index in [9.17, 15) is 17.1 Å². The minimum Gasteiger partial charge on any atom is -0.496 e. The van der Waals surface area contributed by atoms with Crippen LogP contribution in [0.3, 0.4) is 0 Å². The Morgan fingerprint density at radius 3 is 2.67 bits per heavy atom. The Labute approximate surface area is 204 Å². The number of nitrogens with zero attached hydrogens (tertiary/aromatic N) is 2. The van der Waals surface area contributed by atoms with Gasteiger partial charge in [0.05, 0.1) is 29.6 Å². The minimum absolute atomic E-state index is 0.153. The van der Waals surface area contributed by atoms with E-state index in [1.165, 1.54) is 19.4 Å². The van der Waals surface area contributed by atoms with Crippen molar-refractivity contribution >= 4 is 43.3 Å². The van der Waals surface area contributed by atoms with Gasteiger partial charge >= 0.3 is 10.5 Å². The molecule has 0 atom stereocenters. The van der Waals surface area contributed by atoms with Crippen LogP contribution in [-0.4, -0.2) is 30.1 Å². The summed E-state index contributed by atoms with van der Waals surface area (Å²) in [5.74, 6) is 2.71. The number of methoxy groups -OCH3 is 1. The lowest BCUT2D eigenvalue weighted by Crippen LogP contribution is -2.11. The van der Waals surface area contributed by atoms with Crippen molar-refractivity contribution in [1.29, 1.82) is 0 Å². The zero-order valence-electron chi connectivity index (χ0n) is 18.9. The number of pyridine rings is 2. The van der Waals surface area contributed by atoms with Gasteiger partial charge in [0.2, 0.25) is 0 Å². The van der Waals surface area contributed by atoms with Crippen LogP contribution in [0, 0.1) is 12.3 Å². The molecule has 5 aromatic rings. The van der Waals surface area contributed by atoms with Gasteiger partial charge in [-0.15, -0.1) is 6.42 Å². The van der Waals surface area contributed by atoms with Crippen LogP contribution in [0.25, 0.3) is 44.0 Å². The summed E-state index contributed by atoms with van der Waals surface area (Å²) in [6.07, 6.45) is 10.0. The van der Waals surface area contributed by atoms with Gasteiger partial charge in [0.25, 0.3) is 0 Å². The van der Waals surface area contributed by atoms with Crippen molar-refractivity contribution in [2.75, 3.05) is 7.11 Å². The molecule has 3 heterocycles. The predicted octanol–water partition coefficient (Wildman–Crippen LogP) is 4.62. The van der Waals surface area contributed by atoms with Crippen molar-refractivity contribution in [2.24, 2.45) is 0 Å². The van der Waals surface area contributed by atoms with Gasteiger partial charge in [-0.1, -0.05) is 15.9 Å². The second-order valence-electron chi connectivity index (χ2n) is 8.64.